The van der Waals surface area contributed by atoms with Crippen molar-refractivity contribution in [3.8, 4) is 0 Å². The Bertz CT molecular complexity index is 478. The summed E-state index contributed by atoms with van der Waals surface area (Å²) in [6.45, 7) is 1.64. The van der Waals surface area contributed by atoms with E-state index in [1.807, 2.05) is 6.07 Å². The summed E-state index contributed by atoms with van der Waals surface area (Å²) in [6.07, 6.45) is 5.09. The van der Waals surface area contributed by atoms with Crippen LogP contribution in [0, 0.1) is 0 Å². The van der Waals surface area contributed by atoms with Crippen molar-refractivity contribution >= 4 is 25.8 Å². The standard InChI is InChI=1S/C10H16BrN3O2S/c1-7(17(2,15)16)10(14-12)4-8-3-9(11)6-13-5-8/h3,5-7,10,14H,4,12H2,1-2H3. The number of nitrogens with two attached hydrogens (primary N) is 1. The molecule has 96 valence electrons. The van der Waals surface area contributed by atoms with Gasteiger partial charge in [0.1, 0.15) is 0 Å². The second-order valence-electron chi connectivity index (χ2n) is 4.02. The van der Waals surface area contributed by atoms with Crippen LogP contribution >= 0.6 is 15.9 Å². The maximum absolute atomic E-state index is 11.5. The first-order valence-corrected chi connectivity index (χ1v) is 7.83. The van der Waals surface area contributed by atoms with E-state index >= 15 is 0 Å². The third kappa shape index (κ3) is 4.34. The third-order valence-electron chi connectivity index (χ3n) is 2.67. The Morgan fingerprint density at radius 1 is 1.53 bits per heavy atom. The predicted molar refractivity (Wildman–Crippen MR) is 71.1 cm³/mol. The summed E-state index contributed by atoms with van der Waals surface area (Å²) in [5.74, 6) is 5.41. The summed E-state index contributed by atoms with van der Waals surface area (Å²) in [5, 5.41) is -0.550. The lowest BCUT2D eigenvalue weighted by molar-refractivity contribution is 0.493. The lowest BCUT2D eigenvalue weighted by atomic mass is 10.1. The van der Waals surface area contributed by atoms with Crippen LogP contribution in [0.25, 0.3) is 0 Å². The van der Waals surface area contributed by atoms with Gasteiger partial charge in [-0.2, -0.15) is 0 Å². The van der Waals surface area contributed by atoms with Gasteiger partial charge in [-0.25, -0.2) is 8.42 Å². The molecule has 17 heavy (non-hydrogen) atoms. The number of nitrogens with zero attached hydrogens (tertiary/aromatic N) is 1. The van der Waals surface area contributed by atoms with Gasteiger partial charge >= 0.3 is 0 Å². The Morgan fingerprint density at radius 3 is 2.65 bits per heavy atom. The molecule has 0 aliphatic rings. The van der Waals surface area contributed by atoms with E-state index in [1.165, 1.54) is 6.26 Å². The van der Waals surface area contributed by atoms with Crippen LogP contribution in [0.2, 0.25) is 0 Å². The molecule has 1 rings (SSSR count). The smallest absolute Gasteiger partial charge is 0.151 e. The Balaban J connectivity index is 2.84. The van der Waals surface area contributed by atoms with E-state index in [4.69, 9.17) is 5.84 Å². The summed E-state index contributed by atoms with van der Waals surface area (Å²) < 4.78 is 23.8. The third-order valence-corrected chi connectivity index (χ3v) is 4.79. The molecule has 7 heteroatoms. The molecule has 0 saturated heterocycles. The number of pyridine rings is 1. The summed E-state index contributed by atoms with van der Waals surface area (Å²) >= 11 is 3.32. The van der Waals surface area contributed by atoms with Crippen molar-refractivity contribution in [1.29, 1.82) is 0 Å². The predicted octanol–water partition coefficient (Wildman–Crippen LogP) is 0.652. The van der Waals surface area contributed by atoms with Gasteiger partial charge in [0.25, 0.3) is 0 Å². The van der Waals surface area contributed by atoms with Crippen LogP contribution in [0.1, 0.15) is 12.5 Å². The maximum atomic E-state index is 11.5. The van der Waals surface area contributed by atoms with Crippen molar-refractivity contribution < 1.29 is 8.42 Å². The van der Waals surface area contributed by atoms with Gasteiger partial charge in [0.2, 0.25) is 0 Å². The van der Waals surface area contributed by atoms with E-state index in [2.05, 4.69) is 26.3 Å². The Labute approximate surface area is 110 Å². The molecule has 3 N–H and O–H groups in total. The minimum absolute atomic E-state index is 0.332. The van der Waals surface area contributed by atoms with Gasteiger partial charge in [-0.15, -0.1) is 0 Å². The van der Waals surface area contributed by atoms with Crippen LogP contribution in [0.4, 0.5) is 0 Å². The zero-order valence-corrected chi connectivity index (χ0v) is 12.1. The normalized spacial score (nSPS) is 15.5. The number of hydrogen-bond acceptors (Lipinski definition) is 5. The van der Waals surface area contributed by atoms with Gasteiger partial charge < -0.3 is 0 Å². The molecule has 0 radical (unpaired) electrons. The molecule has 5 nitrogen and oxygen atoms in total. The highest BCUT2D eigenvalue weighted by Gasteiger charge is 2.25. The van der Waals surface area contributed by atoms with E-state index in [0.29, 0.717) is 6.42 Å². The fraction of sp³-hybridized carbons (Fsp3) is 0.500. The molecule has 0 spiro atoms. The zero-order valence-electron chi connectivity index (χ0n) is 9.72. The first kappa shape index (κ1) is 14.6. The van der Waals surface area contributed by atoms with Crippen molar-refractivity contribution in [1.82, 2.24) is 10.4 Å². The number of hydrogen-bond donors (Lipinski definition) is 2. The van der Waals surface area contributed by atoms with Crippen LogP contribution in [0.3, 0.4) is 0 Å². The van der Waals surface area contributed by atoms with Gasteiger partial charge in [0.05, 0.1) is 5.25 Å². The van der Waals surface area contributed by atoms with Crippen molar-refractivity contribution in [3.63, 3.8) is 0 Å². The average Bonchev–Trinajstić information content (AvgIpc) is 2.24. The van der Waals surface area contributed by atoms with Gasteiger partial charge in [0, 0.05) is 29.2 Å². The Morgan fingerprint density at radius 2 is 2.18 bits per heavy atom. The Hall–Kier alpha value is -0.500. The molecule has 0 aliphatic carbocycles. The summed E-state index contributed by atoms with van der Waals surface area (Å²) in [4.78, 5) is 4.03. The van der Waals surface area contributed by atoms with E-state index < -0.39 is 15.1 Å². The molecule has 1 heterocycles. The minimum atomic E-state index is -3.12. The highest BCUT2D eigenvalue weighted by Crippen LogP contribution is 2.14. The molecule has 0 aliphatic heterocycles. The summed E-state index contributed by atoms with van der Waals surface area (Å²) in [6, 6.07) is 1.56. The molecule has 0 saturated carbocycles. The lowest BCUT2D eigenvalue weighted by Crippen LogP contribution is -2.47. The Kier molecular flexibility index (Phi) is 5.05. The van der Waals surface area contributed by atoms with Gasteiger partial charge in [-0.1, -0.05) is 0 Å². The molecule has 0 bridgehead atoms. The number of hydrazine groups is 1. The topological polar surface area (TPSA) is 85.1 Å². The molecular weight excluding hydrogens is 306 g/mol. The van der Waals surface area contributed by atoms with Crippen LogP contribution in [-0.2, 0) is 16.3 Å². The van der Waals surface area contributed by atoms with E-state index in [1.54, 1.807) is 19.3 Å². The number of halogens is 1. The monoisotopic (exact) mass is 321 g/mol. The number of rotatable bonds is 5. The molecular formula is C10H16BrN3O2S. The van der Waals surface area contributed by atoms with Crippen molar-refractivity contribution in [2.75, 3.05) is 6.26 Å². The van der Waals surface area contributed by atoms with Gasteiger partial charge in [0.15, 0.2) is 9.84 Å². The highest BCUT2D eigenvalue weighted by atomic mass is 79.9. The second-order valence-corrected chi connectivity index (χ2v) is 7.34. The van der Waals surface area contributed by atoms with E-state index in [-0.39, 0.29) is 6.04 Å². The second kappa shape index (κ2) is 5.90. The SMILES string of the molecule is CC(C(Cc1cncc(Br)c1)NN)S(C)(=O)=O. The van der Waals surface area contributed by atoms with Gasteiger partial charge in [-0.3, -0.25) is 16.3 Å². The summed E-state index contributed by atoms with van der Waals surface area (Å²) in [7, 11) is -3.12. The van der Waals surface area contributed by atoms with Crippen LogP contribution < -0.4 is 11.3 Å². The number of aromatic nitrogens is 1. The van der Waals surface area contributed by atoms with Crippen molar-refractivity contribution in [3.05, 3.63) is 28.5 Å². The zero-order chi connectivity index (χ0) is 13.1. The molecule has 0 amide bonds. The van der Waals surface area contributed by atoms with E-state index in [9.17, 15) is 8.42 Å². The minimum Gasteiger partial charge on any atom is -0.271 e. The van der Waals surface area contributed by atoms with Crippen molar-refractivity contribution in [2.24, 2.45) is 5.84 Å². The molecule has 2 atom stereocenters. The first-order valence-electron chi connectivity index (χ1n) is 5.09. The highest BCUT2D eigenvalue weighted by molar-refractivity contribution is 9.10. The van der Waals surface area contributed by atoms with Crippen LogP contribution in [0.15, 0.2) is 22.9 Å². The molecule has 1 aromatic rings. The maximum Gasteiger partial charge on any atom is 0.151 e. The fourth-order valence-electron chi connectivity index (χ4n) is 1.48. The van der Waals surface area contributed by atoms with Gasteiger partial charge in [-0.05, 0) is 40.9 Å². The molecule has 1 aromatic heterocycles. The first-order chi connectivity index (χ1) is 7.84. The quantitative estimate of drug-likeness (QED) is 0.614. The number of nitrogens with one attached hydrogen (secondary N) is 1. The number of sulfone groups is 1. The summed E-state index contributed by atoms with van der Waals surface area (Å²) in [5.41, 5.74) is 3.48. The molecule has 0 fully saturated rings. The molecule has 2 unspecified atom stereocenters. The van der Waals surface area contributed by atoms with E-state index in [0.717, 1.165) is 10.0 Å². The van der Waals surface area contributed by atoms with Crippen LogP contribution in [0.5, 0.6) is 0 Å². The van der Waals surface area contributed by atoms with Crippen molar-refractivity contribution in [2.45, 2.75) is 24.6 Å². The van der Waals surface area contributed by atoms with Crippen LogP contribution in [-0.4, -0.2) is 30.9 Å². The largest absolute Gasteiger partial charge is 0.271 e. The molecule has 0 aromatic carbocycles. The average molecular weight is 322 g/mol. The fourth-order valence-corrected chi connectivity index (χ4v) is 2.66. The lowest BCUT2D eigenvalue weighted by Gasteiger charge is -2.21.